The van der Waals surface area contributed by atoms with Crippen LogP contribution < -0.4 is 15.8 Å². The van der Waals surface area contributed by atoms with E-state index in [1.807, 2.05) is 31.2 Å². The number of aliphatic imine (C=N–C) groups is 1. The monoisotopic (exact) mass is 237 g/mol. The molecule has 0 aromatic heterocycles. The maximum Gasteiger partial charge on any atom is 0.193 e. The molecule has 0 saturated carbocycles. The van der Waals surface area contributed by atoms with E-state index in [2.05, 4.69) is 10.3 Å². The minimum Gasteiger partial charge on any atom is -0.495 e. The highest BCUT2D eigenvalue weighted by atomic mass is 16.5. The summed E-state index contributed by atoms with van der Waals surface area (Å²) in [6, 6.07) is 7.53. The molecule has 0 aliphatic heterocycles. The summed E-state index contributed by atoms with van der Waals surface area (Å²) < 4.78 is 10.4. The Morgan fingerprint density at radius 3 is 2.88 bits per heavy atom. The van der Waals surface area contributed by atoms with Gasteiger partial charge in [-0.1, -0.05) is 12.1 Å². The topological polar surface area (TPSA) is 68.9 Å². The third kappa shape index (κ3) is 4.74. The first kappa shape index (κ1) is 13.3. The van der Waals surface area contributed by atoms with Gasteiger partial charge in [0, 0.05) is 6.61 Å². The molecule has 0 spiro atoms. The van der Waals surface area contributed by atoms with E-state index in [4.69, 9.17) is 15.2 Å². The van der Waals surface area contributed by atoms with E-state index in [1.165, 1.54) is 0 Å². The highest BCUT2D eigenvalue weighted by Crippen LogP contribution is 2.22. The highest BCUT2D eigenvalue weighted by Gasteiger charge is 2.01. The molecule has 5 nitrogen and oxygen atoms in total. The Morgan fingerprint density at radius 2 is 2.18 bits per heavy atom. The fraction of sp³-hybridized carbons (Fsp3) is 0.417. The average Bonchev–Trinajstić information content (AvgIpc) is 2.35. The van der Waals surface area contributed by atoms with E-state index in [-0.39, 0.29) is 0 Å². The Balaban J connectivity index is 2.52. The summed E-state index contributed by atoms with van der Waals surface area (Å²) in [6.07, 6.45) is 0. The van der Waals surface area contributed by atoms with Crippen LogP contribution in [0.5, 0.6) is 5.75 Å². The zero-order valence-electron chi connectivity index (χ0n) is 10.3. The Morgan fingerprint density at radius 1 is 1.41 bits per heavy atom. The molecule has 1 rings (SSSR count). The van der Waals surface area contributed by atoms with Gasteiger partial charge in [0.05, 0.1) is 25.9 Å². The number of nitrogens with zero attached hydrogens (tertiary/aromatic N) is 1. The van der Waals surface area contributed by atoms with Crippen LogP contribution >= 0.6 is 0 Å². The van der Waals surface area contributed by atoms with Crippen molar-refractivity contribution in [2.75, 3.05) is 32.2 Å². The van der Waals surface area contributed by atoms with Crippen LogP contribution in [0.3, 0.4) is 0 Å². The Labute approximate surface area is 102 Å². The number of rotatable bonds is 6. The van der Waals surface area contributed by atoms with Gasteiger partial charge in [0.25, 0.3) is 0 Å². The lowest BCUT2D eigenvalue weighted by atomic mass is 10.3. The summed E-state index contributed by atoms with van der Waals surface area (Å²) in [5.74, 6) is 1.09. The first-order valence-corrected chi connectivity index (χ1v) is 5.55. The van der Waals surface area contributed by atoms with Crippen molar-refractivity contribution in [1.29, 1.82) is 0 Å². The number of benzene rings is 1. The van der Waals surface area contributed by atoms with Gasteiger partial charge in [-0.3, -0.25) is 4.99 Å². The van der Waals surface area contributed by atoms with Gasteiger partial charge in [-0.15, -0.1) is 0 Å². The molecule has 0 fully saturated rings. The predicted molar refractivity (Wildman–Crippen MR) is 69.6 cm³/mol. The maximum absolute atomic E-state index is 5.74. The van der Waals surface area contributed by atoms with Gasteiger partial charge in [-0.2, -0.15) is 0 Å². The molecule has 0 heterocycles. The first-order chi connectivity index (χ1) is 8.27. The van der Waals surface area contributed by atoms with Crippen molar-refractivity contribution in [1.82, 2.24) is 0 Å². The molecule has 1 aromatic rings. The Kier molecular flexibility index (Phi) is 5.88. The van der Waals surface area contributed by atoms with Crippen LogP contribution in [0.25, 0.3) is 0 Å². The number of para-hydroxylation sites is 2. The molecule has 94 valence electrons. The normalized spacial score (nSPS) is 11.3. The van der Waals surface area contributed by atoms with Gasteiger partial charge in [0.15, 0.2) is 5.96 Å². The SMILES string of the molecule is CCOCCN=C(N)Nc1ccccc1OC. The van der Waals surface area contributed by atoms with Crippen molar-refractivity contribution in [3.05, 3.63) is 24.3 Å². The number of hydrogen-bond donors (Lipinski definition) is 2. The van der Waals surface area contributed by atoms with Crippen LogP contribution in [0.1, 0.15) is 6.92 Å². The molecule has 0 amide bonds. The van der Waals surface area contributed by atoms with Crippen molar-refractivity contribution < 1.29 is 9.47 Å². The lowest BCUT2D eigenvalue weighted by molar-refractivity contribution is 0.156. The Hall–Kier alpha value is -1.75. The quantitative estimate of drug-likeness (QED) is 0.446. The number of hydrogen-bond acceptors (Lipinski definition) is 3. The van der Waals surface area contributed by atoms with Gasteiger partial charge in [0.2, 0.25) is 0 Å². The molecule has 0 radical (unpaired) electrons. The summed E-state index contributed by atoms with van der Waals surface area (Å²) >= 11 is 0. The first-order valence-electron chi connectivity index (χ1n) is 5.55. The van der Waals surface area contributed by atoms with E-state index in [9.17, 15) is 0 Å². The summed E-state index contributed by atoms with van der Waals surface area (Å²) in [5.41, 5.74) is 6.54. The molecule has 0 saturated heterocycles. The van der Waals surface area contributed by atoms with Crippen molar-refractivity contribution >= 4 is 11.6 Å². The van der Waals surface area contributed by atoms with Crippen LogP contribution in [-0.2, 0) is 4.74 Å². The van der Waals surface area contributed by atoms with Crippen LogP contribution in [0.4, 0.5) is 5.69 Å². The summed E-state index contributed by atoms with van der Waals surface area (Å²) in [6.45, 7) is 3.75. The van der Waals surface area contributed by atoms with Crippen molar-refractivity contribution in [3.8, 4) is 5.75 Å². The second kappa shape index (κ2) is 7.51. The fourth-order valence-electron chi connectivity index (χ4n) is 1.30. The van der Waals surface area contributed by atoms with Crippen LogP contribution in [-0.4, -0.2) is 32.8 Å². The second-order valence-corrected chi connectivity index (χ2v) is 3.29. The molecule has 0 atom stereocenters. The van der Waals surface area contributed by atoms with Crippen molar-refractivity contribution in [3.63, 3.8) is 0 Å². The number of nitrogens with two attached hydrogens (primary N) is 1. The zero-order chi connectivity index (χ0) is 12.5. The van der Waals surface area contributed by atoms with Crippen LogP contribution in [0.15, 0.2) is 29.3 Å². The molecule has 0 unspecified atom stereocenters. The third-order valence-electron chi connectivity index (χ3n) is 2.09. The summed E-state index contributed by atoms with van der Waals surface area (Å²) in [7, 11) is 1.61. The predicted octanol–water partition coefficient (Wildman–Crippen LogP) is 1.46. The summed E-state index contributed by atoms with van der Waals surface area (Å²) in [4.78, 5) is 4.14. The third-order valence-corrected chi connectivity index (χ3v) is 2.09. The average molecular weight is 237 g/mol. The number of ether oxygens (including phenoxy) is 2. The maximum atomic E-state index is 5.74. The highest BCUT2D eigenvalue weighted by molar-refractivity contribution is 5.93. The van der Waals surface area contributed by atoms with E-state index >= 15 is 0 Å². The zero-order valence-corrected chi connectivity index (χ0v) is 10.3. The molecule has 3 N–H and O–H groups in total. The fourth-order valence-corrected chi connectivity index (χ4v) is 1.30. The van der Waals surface area contributed by atoms with Gasteiger partial charge in [-0.25, -0.2) is 0 Å². The minimum absolute atomic E-state index is 0.356. The lowest BCUT2D eigenvalue weighted by Gasteiger charge is -2.09. The largest absolute Gasteiger partial charge is 0.495 e. The molecular weight excluding hydrogens is 218 g/mol. The molecular formula is C12H19N3O2. The van der Waals surface area contributed by atoms with Crippen LogP contribution in [0, 0.1) is 0 Å². The number of methoxy groups -OCH3 is 1. The number of nitrogens with one attached hydrogen (secondary N) is 1. The molecule has 5 heteroatoms. The second-order valence-electron chi connectivity index (χ2n) is 3.29. The summed E-state index contributed by atoms with van der Waals surface area (Å²) in [5, 5.41) is 2.99. The Bertz CT molecular complexity index is 367. The van der Waals surface area contributed by atoms with Gasteiger partial charge in [-0.05, 0) is 19.1 Å². The van der Waals surface area contributed by atoms with Crippen molar-refractivity contribution in [2.45, 2.75) is 6.92 Å². The van der Waals surface area contributed by atoms with Gasteiger partial charge >= 0.3 is 0 Å². The van der Waals surface area contributed by atoms with Gasteiger partial charge in [0.1, 0.15) is 5.75 Å². The van der Waals surface area contributed by atoms with Crippen LogP contribution in [0.2, 0.25) is 0 Å². The van der Waals surface area contributed by atoms with E-state index in [0.29, 0.717) is 25.7 Å². The smallest absolute Gasteiger partial charge is 0.193 e. The van der Waals surface area contributed by atoms with E-state index in [0.717, 1.165) is 11.4 Å². The van der Waals surface area contributed by atoms with E-state index < -0.39 is 0 Å². The molecule has 0 aliphatic rings. The molecule has 17 heavy (non-hydrogen) atoms. The lowest BCUT2D eigenvalue weighted by Crippen LogP contribution is -2.23. The number of anilines is 1. The molecule has 0 aliphatic carbocycles. The van der Waals surface area contributed by atoms with Crippen molar-refractivity contribution in [2.24, 2.45) is 10.7 Å². The van der Waals surface area contributed by atoms with E-state index in [1.54, 1.807) is 7.11 Å². The molecule has 1 aromatic carbocycles. The van der Waals surface area contributed by atoms with Gasteiger partial charge < -0.3 is 20.5 Å². The minimum atomic E-state index is 0.356. The standard InChI is InChI=1S/C12H19N3O2/c1-3-17-9-8-14-12(13)15-10-6-4-5-7-11(10)16-2/h4-7H,3,8-9H2,1-2H3,(H3,13,14,15). The number of guanidine groups is 1. The molecule has 0 bridgehead atoms.